The first-order valence-electron chi connectivity index (χ1n) is 7.41. The lowest BCUT2D eigenvalue weighted by Crippen LogP contribution is -2.41. The van der Waals surface area contributed by atoms with Crippen molar-refractivity contribution in [2.24, 2.45) is 5.73 Å². The van der Waals surface area contributed by atoms with E-state index in [0.29, 0.717) is 12.5 Å². The standard InChI is InChI=1S/C14H25N5O.ClH/c1-10(2)19-9-16-17-14(19)12-5-4-6-18(8-12)13(20)7-11(3)15;/h9-12H,4-8,15H2,1-3H3;1H. The average molecular weight is 316 g/mol. The van der Waals surface area contributed by atoms with E-state index in [4.69, 9.17) is 5.73 Å². The van der Waals surface area contributed by atoms with Gasteiger partial charge in [-0.3, -0.25) is 4.79 Å². The molecule has 1 amide bonds. The fourth-order valence-corrected chi connectivity index (χ4v) is 2.76. The first-order valence-corrected chi connectivity index (χ1v) is 7.41. The molecule has 120 valence electrons. The summed E-state index contributed by atoms with van der Waals surface area (Å²) in [6, 6.07) is 0.261. The van der Waals surface area contributed by atoms with Crippen molar-refractivity contribution in [1.29, 1.82) is 0 Å². The molecule has 1 saturated heterocycles. The Labute approximate surface area is 132 Å². The zero-order valence-corrected chi connectivity index (χ0v) is 13.8. The van der Waals surface area contributed by atoms with Gasteiger partial charge in [-0.2, -0.15) is 0 Å². The number of hydrogen-bond acceptors (Lipinski definition) is 4. The maximum Gasteiger partial charge on any atom is 0.224 e. The van der Waals surface area contributed by atoms with Crippen LogP contribution in [0.5, 0.6) is 0 Å². The molecule has 0 radical (unpaired) electrons. The van der Waals surface area contributed by atoms with Crippen LogP contribution in [0.15, 0.2) is 6.33 Å². The van der Waals surface area contributed by atoms with E-state index in [2.05, 4.69) is 28.6 Å². The van der Waals surface area contributed by atoms with Gasteiger partial charge < -0.3 is 15.2 Å². The summed E-state index contributed by atoms with van der Waals surface area (Å²) in [5.74, 6) is 1.43. The van der Waals surface area contributed by atoms with Crippen LogP contribution in [0.4, 0.5) is 0 Å². The van der Waals surface area contributed by atoms with Gasteiger partial charge in [0.05, 0.1) is 0 Å². The third kappa shape index (κ3) is 4.41. The summed E-state index contributed by atoms with van der Waals surface area (Å²) in [7, 11) is 0. The second-order valence-electron chi connectivity index (χ2n) is 6.05. The number of likely N-dealkylation sites (tertiary alicyclic amines) is 1. The van der Waals surface area contributed by atoms with E-state index in [1.54, 1.807) is 6.33 Å². The first-order chi connectivity index (χ1) is 9.49. The molecule has 1 aliphatic heterocycles. The van der Waals surface area contributed by atoms with Gasteiger partial charge in [0.1, 0.15) is 12.2 Å². The maximum atomic E-state index is 12.1. The number of halogens is 1. The molecule has 2 heterocycles. The van der Waals surface area contributed by atoms with Gasteiger partial charge in [-0.05, 0) is 33.6 Å². The summed E-state index contributed by atoms with van der Waals surface area (Å²) in [6.45, 7) is 7.67. The van der Waals surface area contributed by atoms with E-state index in [1.165, 1.54) is 0 Å². The van der Waals surface area contributed by atoms with Crippen LogP contribution in [0.2, 0.25) is 0 Å². The molecule has 0 spiro atoms. The number of aromatic nitrogens is 3. The van der Waals surface area contributed by atoms with Gasteiger partial charge in [0.25, 0.3) is 0 Å². The zero-order valence-electron chi connectivity index (χ0n) is 13.0. The highest BCUT2D eigenvalue weighted by Crippen LogP contribution is 2.27. The van der Waals surface area contributed by atoms with Gasteiger partial charge >= 0.3 is 0 Å². The molecule has 1 aromatic heterocycles. The fraction of sp³-hybridized carbons (Fsp3) is 0.786. The summed E-state index contributed by atoms with van der Waals surface area (Å²) < 4.78 is 2.10. The van der Waals surface area contributed by atoms with E-state index in [0.717, 1.165) is 31.8 Å². The molecule has 1 aliphatic rings. The smallest absolute Gasteiger partial charge is 0.224 e. The average Bonchev–Trinajstić information content (AvgIpc) is 2.87. The molecule has 2 rings (SSSR count). The molecule has 6 nitrogen and oxygen atoms in total. The van der Waals surface area contributed by atoms with Crippen LogP contribution in [0, 0.1) is 0 Å². The van der Waals surface area contributed by atoms with Gasteiger partial charge in [0.2, 0.25) is 5.91 Å². The Morgan fingerprint density at radius 1 is 1.48 bits per heavy atom. The number of amides is 1. The largest absolute Gasteiger partial charge is 0.342 e. The second kappa shape index (κ2) is 7.75. The van der Waals surface area contributed by atoms with Crippen LogP contribution in [-0.4, -0.2) is 44.7 Å². The summed E-state index contributed by atoms with van der Waals surface area (Å²) in [5, 5.41) is 8.29. The van der Waals surface area contributed by atoms with Crippen LogP contribution in [-0.2, 0) is 4.79 Å². The minimum absolute atomic E-state index is 0. The van der Waals surface area contributed by atoms with Gasteiger partial charge in [0, 0.05) is 37.5 Å². The van der Waals surface area contributed by atoms with E-state index >= 15 is 0 Å². The predicted molar refractivity (Wildman–Crippen MR) is 84.5 cm³/mol. The van der Waals surface area contributed by atoms with Crippen LogP contribution in [0.1, 0.15) is 57.8 Å². The highest BCUT2D eigenvalue weighted by Gasteiger charge is 2.28. The number of nitrogens with zero attached hydrogens (tertiary/aromatic N) is 4. The third-order valence-corrected chi connectivity index (χ3v) is 3.79. The van der Waals surface area contributed by atoms with Gasteiger partial charge in [-0.15, -0.1) is 22.6 Å². The number of carbonyl (C=O) groups excluding carboxylic acids is 1. The maximum absolute atomic E-state index is 12.1. The number of carbonyl (C=O) groups is 1. The number of hydrogen-bond donors (Lipinski definition) is 1. The topological polar surface area (TPSA) is 77.0 Å². The Hall–Kier alpha value is -1.14. The molecule has 0 bridgehead atoms. The summed E-state index contributed by atoms with van der Waals surface area (Å²) >= 11 is 0. The minimum Gasteiger partial charge on any atom is -0.342 e. The molecule has 21 heavy (non-hydrogen) atoms. The molecule has 0 saturated carbocycles. The highest BCUT2D eigenvalue weighted by atomic mass is 35.5. The second-order valence-corrected chi connectivity index (χ2v) is 6.05. The van der Waals surface area contributed by atoms with Gasteiger partial charge in [0.15, 0.2) is 0 Å². The Morgan fingerprint density at radius 3 is 2.81 bits per heavy atom. The molecule has 1 aromatic rings. The molecule has 2 unspecified atom stereocenters. The Bertz CT molecular complexity index is 460. The van der Waals surface area contributed by atoms with E-state index < -0.39 is 0 Å². The van der Waals surface area contributed by atoms with Crippen LogP contribution < -0.4 is 5.73 Å². The molecule has 1 fully saturated rings. The van der Waals surface area contributed by atoms with E-state index in [1.807, 2.05) is 11.8 Å². The lowest BCUT2D eigenvalue weighted by molar-refractivity contribution is -0.132. The van der Waals surface area contributed by atoms with Crippen molar-refractivity contribution in [2.45, 2.75) is 58.0 Å². The number of rotatable bonds is 4. The van der Waals surface area contributed by atoms with Crippen LogP contribution >= 0.6 is 12.4 Å². The van der Waals surface area contributed by atoms with Crippen molar-refractivity contribution in [1.82, 2.24) is 19.7 Å². The predicted octanol–water partition coefficient (Wildman–Crippen LogP) is 1.72. The first kappa shape index (κ1) is 17.9. The van der Waals surface area contributed by atoms with Crippen LogP contribution in [0.3, 0.4) is 0 Å². The quantitative estimate of drug-likeness (QED) is 0.918. The van der Waals surface area contributed by atoms with Crippen molar-refractivity contribution < 1.29 is 4.79 Å². The monoisotopic (exact) mass is 315 g/mol. The normalized spacial score (nSPS) is 20.2. The Kier molecular flexibility index (Phi) is 6.61. The number of piperidine rings is 1. The molecule has 2 atom stereocenters. The molecular weight excluding hydrogens is 290 g/mol. The van der Waals surface area contributed by atoms with Crippen molar-refractivity contribution in [3.63, 3.8) is 0 Å². The third-order valence-electron chi connectivity index (χ3n) is 3.79. The van der Waals surface area contributed by atoms with E-state index in [9.17, 15) is 4.79 Å². The minimum atomic E-state index is -0.0813. The lowest BCUT2D eigenvalue weighted by Gasteiger charge is -2.33. The highest BCUT2D eigenvalue weighted by molar-refractivity contribution is 5.85. The number of nitrogens with two attached hydrogens (primary N) is 1. The van der Waals surface area contributed by atoms with Crippen LogP contribution in [0.25, 0.3) is 0 Å². The SMILES string of the molecule is CC(N)CC(=O)N1CCCC(c2nncn2C(C)C)C1.Cl. The molecule has 7 heteroatoms. The Morgan fingerprint density at radius 2 is 2.19 bits per heavy atom. The van der Waals surface area contributed by atoms with E-state index in [-0.39, 0.29) is 30.3 Å². The Balaban J connectivity index is 0.00000220. The fourth-order valence-electron chi connectivity index (χ4n) is 2.76. The summed E-state index contributed by atoms with van der Waals surface area (Å²) in [6.07, 6.45) is 4.28. The lowest BCUT2D eigenvalue weighted by atomic mass is 9.96. The molecule has 2 N–H and O–H groups in total. The van der Waals surface area contributed by atoms with Crippen molar-refractivity contribution in [2.75, 3.05) is 13.1 Å². The molecule has 0 aliphatic carbocycles. The zero-order chi connectivity index (χ0) is 14.7. The molecular formula is C14H26ClN5O. The van der Waals surface area contributed by atoms with Crippen molar-refractivity contribution in [3.05, 3.63) is 12.2 Å². The summed E-state index contributed by atoms with van der Waals surface area (Å²) in [4.78, 5) is 14.1. The van der Waals surface area contributed by atoms with Crippen molar-refractivity contribution in [3.8, 4) is 0 Å². The van der Waals surface area contributed by atoms with Gasteiger partial charge in [-0.25, -0.2) is 0 Å². The van der Waals surface area contributed by atoms with Gasteiger partial charge in [-0.1, -0.05) is 0 Å². The summed E-state index contributed by atoms with van der Waals surface area (Å²) in [5.41, 5.74) is 5.72. The van der Waals surface area contributed by atoms with Crippen molar-refractivity contribution >= 4 is 18.3 Å². The molecule has 0 aromatic carbocycles.